The third kappa shape index (κ3) is 6.39. The molecule has 40 heavy (non-hydrogen) atoms. The van der Waals surface area contributed by atoms with E-state index in [1.54, 1.807) is 18.2 Å². The van der Waals surface area contributed by atoms with Crippen molar-refractivity contribution < 1.29 is 24.5 Å². The van der Waals surface area contributed by atoms with Gasteiger partial charge in [-0.3, -0.25) is 9.59 Å². The lowest BCUT2D eigenvalue weighted by atomic mass is 9.98. The summed E-state index contributed by atoms with van der Waals surface area (Å²) in [5.74, 6) is -1.22. The smallest absolute Gasteiger partial charge is 0.335 e. The van der Waals surface area contributed by atoms with E-state index in [1.807, 2.05) is 31.2 Å². The van der Waals surface area contributed by atoms with Gasteiger partial charge in [0.15, 0.2) is 5.78 Å². The Bertz CT molecular complexity index is 1600. The van der Waals surface area contributed by atoms with Crippen LogP contribution in [0, 0.1) is 6.92 Å². The largest absolute Gasteiger partial charge is 0.480 e. The van der Waals surface area contributed by atoms with E-state index in [0.29, 0.717) is 21.8 Å². The SMILES string of the molecule is COc1nn(C(Cc2ccc(C)cc2)C(O)Nc2ccc(C(=O)O)cc2)c(=O)cc1-c1cc(Cl)ccc1C(C)=O. The third-order valence-electron chi connectivity index (χ3n) is 6.46. The van der Waals surface area contributed by atoms with Gasteiger partial charge in [-0.05, 0) is 73.9 Å². The topological polar surface area (TPSA) is 131 Å². The number of carbonyl (C=O) groups excluding carboxylic acids is 1. The zero-order valence-electron chi connectivity index (χ0n) is 22.1. The van der Waals surface area contributed by atoms with Gasteiger partial charge in [-0.2, -0.15) is 0 Å². The number of aromatic nitrogens is 2. The van der Waals surface area contributed by atoms with Crippen LogP contribution >= 0.6 is 11.6 Å². The Morgan fingerprint density at radius 2 is 1.70 bits per heavy atom. The van der Waals surface area contributed by atoms with Crippen LogP contribution < -0.4 is 15.6 Å². The minimum atomic E-state index is -1.31. The molecule has 2 atom stereocenters. The zero-order valence-corrected chi connectivity index (χ0v) is 22.8. The molecule has 0 aliphatic rings. The van der Waals surface area contributed by atoms with Gasteiger partial charge in [0.25, 0.3) is 5.56 Å². The number of ketones is 1. The van der Waals surface area contributed by atoms with E-state index in [-0.39, 0.29) is 29.2 Å². The molecule has 3 aromatic carbocycles. The van der Waals surface area contributed by atoms with Crippen molar-refractivity contribution in [2.24, 2.45) is 0 Å². The van der Waals surface area contributed by atoms with Gasteiger partial charge in [0, 0.05) is 22.3 Å². The first kappa shape index (κ1) is 28.5. The number of aliphatic hydroxyl groups excluding tert-OH is 1. The maximum Gasteiger partial charge on any atom is 0.335 e. The molecule has 10 heteroatoms. The Morgan fingerprint density at radius 3 is 2.30 bits per heavy atom. The monoisotopic (exact) mass is 561 g/mol. The summed E-state index contributed by atoms with van der Waals surface area (Å²) >= 11 is 6.21. The van der Waals surface area contributed by atoms with Gasteiger partial charge >= 0.3 is 5.97 Å². The van der Waals surface area contributed by atoms with E-state index in [9.17, 15) is 24.6 Å². The highest BCUT2D eigenvalue weighted by Gasteiger charge is 2.27. The summed E-state index contributed by atoms with van der Waals surface area (Å²) in [6, 6.07) is 18.7. The minimum absolute atomic E-state index is 0.0660. The number of aryl methyl sites for hydroxylation is 1. The molecule has 0 bridgehead atoms. The van der Waals surface area contributed by atoms with E-state index in [4.69, 9.17) is 16.3 Å². The Hall–Kier alpha value is -4.47. The minimum Gasteiger partial charge on any atom is -0.480 e. The molecule has 3 N–H and O–H groups in total. The molecule has 9 nitrogen and oxygen atoms in total. The van der Waals surface area contributed by atoms with Crippen molar-refractivity contribution in [3.8, 4) is 17.0 Å². The van der Waals surface area contributed by atoms with E-state index in [1.165, 1.54) is 44.4 Å². The fourth-order valence-corrected chi connectivity index (χ4v) is 4.53. The van der Waals surface area contributed by atoms with Gasteiger partial charge in [0.1, 0.15) is 12.3 Å². The number of carbonyl (C=O) groups is 2. The van der Waals surface area contributed by atoms with Crippen molar-refractivity contribution in [2.75, 3.05) is 12.4 Å². The number of aromatic carboxylic acids is 1. The molecule has 206 valence electrons. The molecule has 1 heterocycles. The normalized spacial score (nSPS) is 12.4. The second-order valence-electron chi connectivity index (χ2n) is 9.32. The number of aliphatic hydroxyl groups is 1. The fourth-order valence-electron chi connectivity index (χ4n) is 4.35. The second-order valence-corrected chi connectivity index (χ2v) is 9.76. The molecule has 4 rings (SSSR count). The maximum absolute atomic E-state index is 13.5. The predicted octanol–water partition coefficient (Wildman–Crippen LogP) is 5.00. The number of nitrogens with one attached hydrogen (secondary N) is 1. The second kappa shape index (κ2) is 12.1. The highest BCUT2D eigenvalue weighted by atomic mass is 35.5. The number of hydrogen-bond acceptors (Lipinski definition) is 7. The molecule has 0 radical (unpaired) electrons. The summed E-state index contributed by atoms with van der Waals surface area (Å²) in [7, 11) is 1.40. The summed E-state index contributed by atoms with van der Waals surface area (Å²) in [6.45, 7) is 3.37. The molecule has 2 unspecified atom stereocenters. The van der Waals surface area contributed by atoms with Crippen molar-refractivity contribution in [3.63, 3.8) is 0 Å². The Morgan fingerprint density at radius 1 is 1.02 bits per heavy atom. The Kier molecular flexibility index (Phi) is 8.67. The summed E-state index contributed by atoms with van der Waals surface area (Å²) in [6.07, 6.45) is -1.08. The van der Waals surface area contributed by atoms with Crippen molar-refractivity contribution in [1.82, 2.24) is 9.78 Å². The summed E-state index contributed by atoms with van der Waals surface area (Å²) in [5.41, 5.74) is 2.96. The van der Waals surface area contributed by atoms with Crippen LogP contribution in [0.3, 0.4) is 0 Å². The standard InChI is InChI=1S/C30H28ClN3O6/c1-17-4-6-19(7-5-17)14-26(28(37)32-22-11-8-20(9-12-22)30(38)39)34-27(36)16-25(29(33-34)40-3)24-15-21(31)10-13-23(24)18(2)35/h4-13,15-16,26,28,32,37H,14H2,1-3H3,(H,38,39). The van der Waals surface area contributed by atoms with Crippen molar-refractivity contribution in [1.29, 1.82) is 0 Å². The van der Waals surface area contributed by atoms with Crippen LogP contribution in [0.4, 0.5) is 5.69 Å². The van der Waals surface area contributed by atoms with E-state index >= 15 is 0 Å². The lowest BCUT2D eigenvalue weighted by Gasteiger charge is -2.26. The highest BCUT2D eigenvalue weighted by Crippen LogP contribution is 2.33. The van der Waals surface area contributed by atoms with Crippen LogP contribution in [0.15, 0.2) is 77.6 Å². The highest BCUT2D eigenvalue weighted by molar-refractivity contribution is 6.31. The molecule has 0 saturated heterocycles. The molecule has 0 amide bonds. The predicted molar refractivity (Wildman–Crippen MR) is 152 cm³/mol. The number of methoxy groups -OCH3 is 1. The van der Waals surface area contributed by atoms with E-state index < -0.39 is 23.8 Å². The number of ether oxygens (including phenoxy) is 1. The van der Waals surface area contributed by atoms with Gasteiger partial charge in [-0.1, -0.05) is 41.4 Å². The average Bonchev–Trinajstić information content (AvgIpc) is 2.92. The third-order valence-corrected chi connectivity index (χ3v) is 6.69. The molecule has 0 fully saturated rings. The van der Waals surface area contributed by atoms with Crippen LogP contribution in [0.2, 0.25) is 5.02 Å². The summed E-state index contributed by atoms with van der Waals surface area (Å²) in [5, 5.41) is 28.3. The number of halogens is 1. The van der Waals surface area contributed by atoms with Crippen LogP contribution in [-0.2, 0) is 6.42 Å². The number of hydrogen-bond donors (Lipinski definition) is 3. The number of benzene rings is 3. The number of carboxylic acids is 1. The lowest BCUT2D eigenvalue weighted by molar-refractivity contribution is 0.0696. The van der Waals surface area contributed by atoms with Crippen LogP contribution in [0.5, 0.6) is 5.88 Å². The molecule has 0 aliphatic heterocycles. The summed E-state index contributed by atoms with van der Waals surface area (Å²) in [4.78, 5) is 37.0. The molecular formula is C30H28ClN3O6. The summed E-state index contributed by atoms with van der Waals surface area (Å²) < 4.78 is 6.68. The maximum atomic E-state index is 13.5. The Balaban J connectivity index is 1.79. The van der Waals surface area contributed by atoms with Gasteiger partial charge in [-0.25, -0.2) is 9.48 Å². The van der Waals surface area contributed by atoms with Gasteiger partial charge in [-0.15, -0.1) is 5.10 Å². The fraction of sp³-hybridized carbons (Fsp3) is 0.200. The number of nitrogens with zero attached hydrogens (tertiary/aromatic N) is 2. The molecule has 1 aromatic heterocycles. The number of carboxylic acid groups (broad SMARTS) is 1. The number of anilines is 1. The van der Waals surface area contributed by atoms with Gasteiger partial charge < -0.3 is 20.3 Å². The first-order valence-corrected chi connectivity index (χ1v) is 12.8. The first-order chi connectivity index (χ1) is 19.1. The van der Waals surface area contributed by atoms with Gasteiger partial charge in [0.05, 0.1) is 18.2 Å². The van der Waals surface area contributed by atoms with E-state index in [2.05, 4.69) is 10.4 Å². The van der Waals surface area contributed by atoms with Crippen molar-refractivity contribution in [3.05, 3.63) is 110 Å². The number of Topliss-reactive ketones (excluding diaryl/α,β-unsaturated/α-hetero) is 1. The van der Waals surface area contributed by atoms with Gasteiger partial charge in [0.2, 0.25) is 5.88 Å². The van der Waals surface area contributed by atoms with Crippen LogP contribution in [0.25, 0.3) is 11.1 Å². The number of rotatable bonds is 10. The average molecular weight is 562 g/mol. The van der Waals surface area contributed by atoms with Crippen molar-refractivity contribution in [2.45, 2.75) is 32.5 Å². The molecule has 4 aromatic rings. The van der Waals surface area contributed by atoms with Crippen LogP contribution in [0.1, 0.15) is 44.8 Å². The van der Waals surface area contributed by atoms with E-state index in [0.717, 1.165) is 15.8 Å². The lowest BCUT2D eigenvalue weighted by Crippen LogP contribution is -2.39. The molecule has 0 saturated carbocycles. The molecule has 0 spiro atoms. The van der Waals surface area contributed by atoms with Crippen LogP contribution in [-0.4, -0.2) is 45.1 Å². The van der Waals surface area contributed by atoms with Crippen molar-refractivity contribution >= 4 is 29.0 Å². The first-order valence-electron chi connectivity index (χ1n) is 12.4. The Labute approximate surface area is 235 Å². The molecular weight excluding hydrogens is 534 g/mol. The quantitative estimate of drug-likeness (QED) is 0.182. The zero-order chi connectivity index (χ0) is 29.0. The molecule has 0 aliphatic carbocycles.